The van der Waals surface area contributed by atoms with Crippen LogP contribution >= 0.6 is 0 Å². The molecule has 16 N–H and O–H groups in total. The molecule has 1 aromatic carbocycles. The average molecular weight is 1080 g/mol. The van der Waals surface area contributed by atoms with Gasteiger partial charge in [-0.25, -0.2) is 4.79 Å². The molecular weight excluding hydrogens is 1000 g/mol. The molecule has 9 amide bonds. The molecule has 0 aromatic heterocycles. The Morgan fingerprint density at radius 2 is 0.961 bits per heavy atom. The number of benzene rings is 1. The number of aromatic hydroxyl groups is 1. The third-order valence-corrected chi connectivity index (χ3v) is 11.8. The molecule has 0 saturated carbocycles. The number of hydrogen-bond donors (Lipinski definition) is 15. The van der Waals surface area contributed by atoms with E-state index in [1.54, 1.807) is 27.7 Å². The van der Waals surface area contributed by atoms with Crippen molar-refractivity contribution in [2.45, 2.75) is 174 Å². The van der Waals surface area contributed by atoms with Crippen LogP contribution < -0.4 is 53.6 Å². The van der Waals surface area contributed by atoms with E-state index in [9.17, 15) is 83.1 Å². The summed E-state index contributed by atoms with van der Waals surface area (Å²) < 4.78 is 0. The Labute approximate surface area is 440 Å². The molecule has 0 spiro atoms. The van der Waals surface area contributed by atoms with Gasteiger partial charge < -0.3 is 79.1 Å². The Kier molecular flexibility index (Phi) is 28.7. The van der Waals surface area contributed by atoms with Gasteiger partial charge in [-0.3, -0.25) is 52.7 Å². The fraction of sp³-hybridized carbons (Fsp3) is 0.633. The van der Waals surface area contributed by atoms with Crippen molar-refractivity contribution in [2.24, 2.45) is 23.5 Å². The third-order valence-electron chi connectivity index (χ3n) is 11.8. The number of aliphatic hydroxyl groups is 1. The van der Waals surface area contributed by atoms with Gasteiger partial charge in [0, 0.05) is 19.3 Å². The maximum Gasteiger partial charge on any atom is 0.326 e. The second-order valence-electron chi connectivity index (χ2n) is 19.5. The first-order valence-corrected chi connectivity index (χ1v) is 24.9. The summed E-state index contributed by atoms with van der Waals surface area (Å²) in [5, 5.41) is 70.2. The SMILES string of the molecule is CC[C@H](C)[C@H](NC(=O)[C@H](C)NC(=O)[C@H](CCC(=O)O)NC(=O)[C@H](C)NC(=O)[C@@H](N)CC(C)C)C(=O)N[C@@H](Cc1ccc(O)cc1)C(=O)N[C@H](C(=O)N[C@@H](CCC(=O)O)C(=O)NCC(=O)N[C@@H](CC(C)C)C(=O)O)[C@@H](C)O. The highest BCUT2D eigenvalue weighted by Gasteiger charge is 2.36. The highest BCUT2D eigenvalue weighted by atomic mass is 16.4. The minimum absolute atomic E-state index is 0.0688. The summed E-state index contributed by atoms with van der Waals surface area (Å²) in [5.74, 6) is -13.5. The van der Waals surface area contributed by atoms with Crippen molar-refractivity contribution in [3.63, 3.8) is 0 Å². The standard InChI is InChI=1S/C49H78N10O17/c1-10-25(6)39(58-42(68)27(8)53-45(71)33(16-18-38(65)66)55-41(67)26(7)52-43(69)31(50)19-23(2)3)47(73)57-34(21-29-11-13-30(61)14-12-29)46(72)59-40(28(9)60)48(74)56-32(15-17-37(63)64)44(70)51-22-36(62)54-35(49(75)76)20-24(4)5/h11-14,23-28,31-35,39-40,60-61H,10,15-22,50H2,1-9H3,(H,51,70)(H,52,69)(H,53,71)(H,54,62)(H,55,67)(H,56,74)(H,57,73)(H,58,68)(H,59,72)(H,63,64)(H,65,66)(H,75,76)/t25-,26-,27-,28+,31-,32-,33-,34-,35-,39-,40-/m0/s1. The van der Waals surface area contributed by atoms with E-state index in [1.807, 2.05) is 13.8 Å². The van der Waals surface area contributed by atoms with Crippen LogP contribution in [0.3, 0.4) is 0 Å². The molecule has 0 bridgehead atoms. The fourth-order valence-electron chi connectivity index (χ4n) is 7.22. The molecule has 0 radical (unpaired) electrons. The molecule has 0 saturated heterocycles. The predicted molar refractivity (Wildman–Crippen MR) is 271 cm³/mol. The average Bonchev–Trinajstić information content (AvgIpc) is 3.32. The molecule has 0 aliphatic rings. The minimum atomic E-state index is -1.88. The number of hydrogen-bond acceptors (Lipinski definition) is 15. The number of carbonyl (C=O) groups is 12. The monoisotopic (exact) mass is 1080 g/mol. The van der Waals surface area contributed by atoms with Crippen LogP contribution in [0.4, 0.5) is 0 Å². The lowest BCUT2D eigenvalue weighted by Gasteiger charge is -2.29. The van der Waals surface area contributed by atoms with E-state index in [4.69, 9.17) is 5.73 Å². The molecule has 11 atom stereocenters. The molecule has 76 heavy (non-hydrogen) atoms. The number of carboxylic acid groups (broad SMARTS) is 3. The van der Waals surface area contributed by atoms with Gasteiger partial charge in [0.05, 0.1) is 18.7 Å². The number of aliphatic carboxylic acids is 3. The van der Waals surface area contributed by atoms with Gasteiger partial charge in [0.15, 0.2) is 0 Å². The highest BCUT2D eigenvalue weighted by Crippen LogP contribution is 2.15. The Morgan fingerprint density at radius 3 is 1.45 bits per heavy atom. The Balaban J connectivity index is 3.40. The van der Waals surface area contributed by atoms with E-state index in [2.05, 4.69) is 47.9 Å². The van der Waals surface area contributed by atoms with Gasteiger partial charge in [-0.05, 0) is 81.9 Å². The van der Waals surface area contributed by atoms with Crippen molar-refractivity contribution >= 4 is 71.1 Å². The van der Waals surface area contributed by atoms with Crippen LogP contribution in [0, 0.1) is 17.8 Å². The lowest BCUT2D eigenvalue weighted by molar-refractivity contribution is -0.142. The van der Waals surface area contributed by atoms with Gasteiger partial charge in [0.25, 0.3) is 0 Å². The molecule has 1 aromatic rings. The van der Waals surface area contributed by atoms with E-state index >= 15 is 0 Å². The van der Waals surface area contributed by atoms with E-state index in [-0.39, 0.29) is 36.8 Å². The zero-order valence-electron chi connectivity index (χ0n) is 44.4. The molecule has 1 rings (SSSR count). The molecular formula is C49H78N10O17. The number of phenolic OH excluding ortho intramolecular Hbond substituents is 1. The van der Waals surface area contributed by atoms with Crippen molar-refractivity contribution in [1.29, 1.82) is 0 Å². The van der Waals surface area contributed by atoms with Crippen LogP contribution in [-0.4, -0.2) is 164 Å². The highest BCUT2D eigenvalue weighted by molar-refractivity contribution is 5.98. The number of nitrogens with two attached hydrogens (primary N) is 1. The summed E-state index contributed by atoms with van der Waals surface area (Å²) in [6.45, 7) is 13.3. The largest absolute Gasteiger partial charge is 0.508 e. The summed E-state index contributed by atoms with van der Waals surface area (Å²) in [7, 11) is 0. The molecule has 0 aliphatic heterocycles. The van der Waals surface area contributed by atoms with Crippen LogP contribution in [0.2, 0.25) is 0 Å². The number of carbonyl (C=O) groups excluding carboxylic acids is 9. The molecule has 426 valence electrons. The summed E-state index contributed by atoms with van der Waals surface area (Å²) in [5.41, 5.74) is 6.28. The first-order chi connectivity index (χ1) is 35.4. The van der Waals surface area contributed by atoms with Gasteiger partial charge in [-0.2, -0.15) is 0 Å². The normalized spacial score (nSPS) is 15.5. The van der Waals surface area contributed by atoms with Crippen LogP contribution in [0.5, 0.6) is 5.75 Å². The van der Waals surface area contributed by atoms with E-state index in [1.165, 1.54) is 38.1 Å². The number of amides is 9. The van der Waals surface area contributed by atoms with Crippen molar-refractivity contribution in [3.8, 4) is 5.75 Å². The number of carboxylic acids is 3. The molecule has 0 aliphatic carbocycles. The molecule has 0 heterocycles. The zero-order chi connectivity index (χ0) is 58.1. The second kappa shape index (κ2) is 32.8. The van der Waals surface area contributed by atoms with Crippen molar-refractivity contribution in [1.82, 2.24) is 47.9 Å². The van der Waals surface area contributed by atoms with E-state index in [0.717, 1.165) is 6.92 Å². The van der Waals surface area contributed by atoms with Gasteiger partial charge in [-0.1, -0.05) is 60.1 Å². The minimum Gasteiger partial charge on any atom is -0.508 e. The van der Waals surface area contributed by atoms with Crippen LogP contribution in [0.1, 0.15) is 113 Å². The summed E-state index contributed by atoms with van der Waals surface area (Å²) in [6, 6.07) is -7.50. The Morgan fingerprint density at radius 1 is 0.513 bits per heavy atom. The van der Waals surface area contributed by atoms with Crippen molar-refractivity contribution < 1.29 is 83.1 Å². The summed E-state index contributed by atoms with van der Waals surface area (Å²) in [4.78, 5) is 155. The van der Waals surface area contributed by atoms with Crippen molar-refractivity contribution in [3.05, 3.63) is 29.8 Å². The fourth-order valence-corrected chi connectivity index (χ4v) is 7.22. The van der Waals surface area contributed by atoms with Crippen molar-refractivity contribution in [2.75, 3.05) is 6.54 Å². The van der Waals surface area contributed by atoms with Crippen LogP contribution in [0.15, 0.2) is 24.3 Å². The smallest absolute Gasteiger partial charge is 0.326 e. The molecule has 0 fully saturated rings. The zero-order valence-corrected chi connectivity index (χ0v) is 44.4. The Bertz CT molecular complexity index is 2190. The van der Waals surface area contributed by atoms with Crippen LogP contribution in [0.25, 0.3) is 0 Å². The van der Waals surface area contributed by atoms with Gasteiger partial charge in [0.1, 0.15) is 54.1 Å². The van der Waals surface area contributed by atoms with E-state index < -0.39 is 170 Å². The van der Waals surface area contributed by atoms with Crippen LogP contribution in [-0.2, 0) is 64.0 Å². The molecule has 0 unspecified atom stereocenters. The lowest BCUT2D eigenvalue weighted by atomic mass is 9.96. The first-order valence-electron chi connectivity index (χ1n) is 24.9. The maximum atomic E-state index is 14.2. The Hall–Kier alpha value is -7.42. The maximum absolute atomic E-state index is 14.2. The third kappa shape index (κ3) is 24.7. The topological polar surface area (TPSA) is 440 Å². The molecule has 27 nitrogen and oxygen atoms in total. The number of phenols is 1. The van der Waals surface area contributed by atoms with Gasteiger partial charge in [-0.15, -0.1) is 0 Å². The number of rotatable bonds is 34. The van der Waals surface area contributed by atoms with Gasteiger partial charge in [0.2, 0.25) is 53.2 Å². The first kappa shape index (κ1) is 66.6. The number of nitrogens with one attached hydrogen (secondary N) is 9. The quantitative estimate of drug-likeness (QED) is 0.0343. The lowest BCUT2D eigenvalue weighted by Crippen LogP contribution is -2.62. The number of aliphatic hydroxyl groups excluding tert-OH is 1. The predicted octanol–water partition coefficient (Wildman–Crippen LogP) is -2.37. The second-order valence-corrected chi connectivity index (χ2v) is 19.5. The summed E-state index contributed by atoms with van der Waals surface area (Å²) in [6.07, 6.45) is -3.59. The molecule has 27 heteroatoms. The summed E-state index contributed by atoms with van der Waals surface area (Å²) >= 11 is 0. The van der Waals surface area contributed by atoms with Gasteiger partial charge >= 0.3 is 17.9 Å². The van der Waals surface area contributed by atoms with E-state index in [0.29, 0.717) is 12.0 Å².